The van der Waals surface area contributed by atoms with Crippen LogP contribution in [0.2, 0.25) is 0 Å². The van der Waals surface area contributed by atoms with Crippen molar-refractivity contribution in [2.24, 2.45) is 0 Å². The third-order valence-corrected chi connectivity index (χ3v) is 6.98. The number of ether oxygens (including phenoxy) is 2. The summed E-state index contributed by atoms with van der Waals surface area (Å²) in [6.07, 6.45) is 3.70. The molecule has 3 aromatic rings. The smallest absolute Gasteiger partial charge is 0.343 e. The molecule has 0 atom stereocenters. The summed E-state index contributed by atoms with van der Waals surface area (Å²) in [7, 11) is 1.33. The number of para-hydroxylation sites is 1. The van der Waals surface area contributed by atoms with Crippen molar-refractivity contribution >= 4 is 22.8 Å². The number of aromatic nitrogens is 2. The topological polar surface area (TPSA) is 94.0 Å². The van der Waals surface area contributed by atoms with Gasteiger partial charge in [0.2, 0.25) is 5.91 Å². The molecule has 1 aromatic carbocycles. The van der Waals surface area contributed by atoms with Gasteiger partial charge in [0.15, 0.2) is 0 Å². The Morgan fingerprint density at radius 3 is 2.72 bits per heavy atom. The van der Waals surface area contributed by atoms with Crippen molar-refractivity contribution in [1.29, 1.82) is 0 Å². The minimum atomic E-state index is -0.530. The van der Waals surface area contributed by atoms with Crippen molar-refractivity contribution in [2.45, 2.75) is 32.4 Å². The van der Waals surface area contributed by atoms with E-state index >= 15 is 0 Å². The summed E-state index contributed by atoms with van der Waals surface area (Å²) in [4.78, 5) is 46.3. The summed E-state index contributed by atoms with van der Waals surface area (Å²) in [5.41, 5.74) is 2.80. The first kappa shape index (κ1) is 24.0. The van der Waals surface area contributed by atoms with Gasteiger partial charge in [-0.1, -0.05) is 24.3 Å². The van der Waals surface area contributed by atoms with Gasteiger partial charge in [-0.05, 0) is 18.1 Å². The van der Waals surface area contributed by atoms with Gasteiger partial charge in [0.05, 0.1) is 19.2 Å². The number of hydrogen-bond donors (Lipinski definition) is 0. The Labute approximate surface area is 209 Å². The molecule has 9 heteroatoms. The summed E-state index contributed by atoms with van der Waals surface area (Å²) in [6, 6.07) is 11.5. The highest BCUT2D eigenvalue weighted by atomic mass is 16.5. The number of benzene rings is 1. The molecule has 4 heterocycles. The van der Waals surface area contributed by atoms with Gasteiger partial charge >= 0.3 is 5.97 Å². The third kappa shape index (κ3) is 4.83. The fourth-order valence-electron chi connectivity index (χ4n) is 5.13. The second-order valence-electron chi connectivity index (χ2n) is 9.16. The Kier molecular flexibility index (Phi) is 6.99. The molecule has 2 aliphatic rings. The number of amides is 1. The van der Waals surface area contributed by atoms with Crippen molar-refractivity contribution in [3.8, 4) is 5.75 Å². The second-order valence-corrected chi connectivity index (χ2v) is 9.16. The maximum atomic E-state index is 13.0. The lowest BCUT2D eigenvalue weighted by molar-refractivity contribution is -0.128. The van der Waals surface area contributed by atoms with E-state index in [4.69, 9.17) is 9.47 Å². The molecule has 0 saturated carbocycles. The van der Waals surface area contributed by atoms with E-state index in [1.807, 2.05) is 24.3 Å². The molecule has 0 N–H and O–H groups in total. The molecular formula is C27H30N4O5. The van der Waals surface area contributed by atoms with E-state index in [-0.39, 0.29) is 23.8 Å². The molecule has 9 nitrogen and oxygen atoms in total. The number of rotatable bonds is 7. The number of esters is 1. The second kappa shape index (κ2) is 10.5. The van der Waals surface area contributed by atoms with Crippen LogP contribution in [0.15, 0.2) is 47.4 Å². The Morgan fingerprint density at radius 1 is 1.06 bits per heavy atom. The number of pyridine rings is 2. The number of carbonyl (C=O) groups is 2. The number of likely N-dealkylation sites (tertiary alicyclic amines) is 1. The largest absolute Gasteiger partial charge is 0.491 e. The van der Waals surface area contributed by atoms with E-state index in [1.165, 1.54) is 13.2 Å². The molecule has 1 saturated heterocycles. The van der Waals surface area contributed by atoms with Crippen LogP contribution in [0.3, 0.4) is 0 Å². The highest BCUT2D eigenvalue weighted by Crippen LogP contribution is 2.25. The molecule has 0 aliphatic carbocycles. The molecule has 1 fully saturated rings. The van der Waals surface area contributed by atoms with Crippen molar-refractivity contribution in [3.63, 3.8) is 0 Å². The predicted octanol–water partition coefficient (Wildman–Crippen LogP) is 2.24. The number of fused-ring (bicyclic) bond motifs is 2. The zero-order valence-corrected chi connectivity index (χ0v) is 20.4. The van der Waals surface area contributed by atoms with Gasteiger partial charge < -0.3 is 18.9 Å². The zero-order valence-electron chi connectivity index (χ0n) is 20.4. The summed E-state index contributed by atoms with van der Waals surface area (Å²) in [5, 5.41) is 1.09. The quantitative estimate of drug-likeness (QED) is 0.469. The van der Waals surface area contributed by atoms with Gasteiger partial charge in [-0.3, -0.25) is 19.5 Å². The maximum absolute atomic E-state index is 13.0. The Bertz CT molecular complexity index is 1350. The predicted molar refractivity (Wildman–Crippen MR) is 134 cm³/mol. The number of hydrogen-bond acceptors (Lipinski definition) is 7. The molecule has 0 unspecified atom stereocenters. The van der Waals surface area contributed by atoms with Gasteiger partial charge in [-0.2, -0.15) is 0 Å². The third-order valence-electron chi connectivity index (χ3n) is 6.98. The number of carbonyl (C=O) groups excluding carboxylic acids is 2. The maximum Gasteiger partial charge on any atom is 0.343 e. The van der Waals surface area contributed by atoms with Gasteiger partial charge in [-0.15, -0.1) is 0 Å². The number of methoxy groups -OCH3 is 1. The molecule has 1 amide bonds. The Hall–Kier alpha value is -3.72. The van der Waals surface area contributed by atoms with Crippen LogP contribution in [0.25, 0.3) is 10.9 Å². The summed E-state index contributed by atoms with van der Waals surface area (Å²) >= 11 is 0. The normalized spacial score (nSPS) is 16.1. The van der Waals surface area contributed by atoms with Crippen LogP contribution in [0.1, 0.15) is 34.5 Å². The highest BCUT2D eigenvalue weighted by Gasteiger charge is 2.27. The minimum Gasteiger partial charge on any atom is -0.491 e. The van der Waals surface area contributed by atoms with Gasteiger partial charge in [0.1, 0.15) is 17.9 Å². The zero-order chi connectivity index (χ0) is 25.1. The molecule has 36 heavy (non-hydrogen) atoms. The number of nitrogens with zero attached hydrogens (tertiary/aromatic N) is 4. The summed E-state index contributed by atoms with van der Waals surface area (Å²) < 4.78 is 12.6. The van der Waals surface area contributed by atoms with Crippen molar-refractivity contribution in [1.82, 2.24) is 19.4 Å². The van der Waals surface area contributed by atoms with E-state index in [2.05, 4.69) is 16.0 Å². The lowest BCUT2D eigenvalue weighted by Gasteiger charge is -2.20. The minimum absolute atomic E-state index is 0.107. The van der Waals surface area contributed by atoms with Crippen LogP contribution in [0.5, 0.6) is 5.75 Å². The van der Waals surface area contributed by atoms with E-state index < -0.39 is 5.97 Å². The van der Waals surface area contributed by atoms with Crippen LogP contribution < -0.4 is 10.3 Å². The van der Waals surface area contributed by atoms with Crippen LogP contribution in [0, 0.1) is 0 Å². The Morgan fingerprint density at radius 2 is 1.92 bits per heavy atom. The van der Waals surface area contributed by atoms with Crippen LogP contribution in [0.4, 0.5) is 0 Å². The fraction of sp³-hybridized carbons (Fsp3) is 0.407. The van der Waals surface area contributed by atoms with Crippen LogP contribution in [-0.4, -0.2) is 71.1 Å². The van der Waals surface area contributed by atoms with Crippen LogP contribution in [-0.2, 0) is 29.0 Å². The van der Waals surface area contributed by atoms with Gasteiger partial charge in [0.25, 0.3) is 5.56 Å². The van der Waals surface area contributed by atoms with Gasteiger partial charge in [-0.25, -0.2) is 4.79 Å². The van der Waals surface area contributed by atoms with E-state index in [0.29, 0.717) is 63.4 Å². The first-order valence-electron chi connectivity index (χ1n) is 12.4. The Balaban J connectivity index is 1.37. The first-order valence-corrected chi connectivity index (χ1v) is 12.4. The molecular weight excluding hydrogens is 460 g/mol. The average molecular weight is 491 g/mol. The monoisotopic (exact) mass is 490 g/mol. The summed E-state index contributed by atoms with van der Waals surface area (Å²) in [6.45, 7) is 3.81. The summed E-state index contributed by atoms with van der Waals surface area (Å²) in [5.74, 6) is -0.204. The van der Waals surface area contributed by atoms with E-state index in [1.54, 1.807) is 15.7 Å². The fourth-order valence-corrected chi connectivity index (χ4v) is 5.13. The molecule has 5 rings (SSSR count). The lowest BCUT2D eigenvalue weighted by Crippen LogP contribution is -2.31. The van der Waals surface area contributed by atoms with Crippen molar-refractivity contribution in [3.05, 3.63) is 69.8 Å². The van der Waals surface area contributed by atoms with E-state index in [9.17, 15) is 14.4 Å². The molecule has 2 aromatic heterocycles. The standard InChI is InChI=1S/C27H30N4O5/c1-35-27(34)25-21-9-12-29(18-20-6-2-5-19-7-3-10-28-26(19)20)13-14-31(21)24(33)17-22(25)36-16-15-30-11-4-8-23(30)32/h2-3,5-7,10,17H,4,8-9,11-16,18H2,1H3. The molecule has 0 spiro atoms. The van der Waals surface area contributed by atoms with Crippen molar-refractivity contribution in [2.75, 3.05) is 39.9 Å². The molecule has 2 aliphatic heterocycles. The SMILES string of the molecule is COC(=O)c1c(OCCN2CCCC2=O)cc(=O)n2c1CCN(Cc1cccc3cccnc13)CC2. The van der Waals surface area contributed by atoms with Crippen LogP contribution >= 0.6 is 0 Å². The first-order chi connectivity index (χ1) is 17.5. The average Bonchev–Trinajstić information content (AvgIpc) is 3.18. The molecule has 188 valence electrons. The van der Waals surface area contributed by atoms with Gasteiger partial charge in [0, 0.05) is 68.9 Å². The molecule has 0 radical (unpaired) electrons. The lowest BCUT2D eigenvalue weighted by atomic mass is 10.1. The molecule has 0 bridgehead atoms. The van der Waals surface area contributed by atoms with E-state index in [0.717, 1.165) is 22.9 Å². The highest BCUT2D eigenvalue weighted by molar-refractivity contribution is 5.93. The van der Waals surface area contributed by atoms with Crippen molar-refractivity contribution < 1.29 is 19.1 Å².